The molecule has 70 valence electrons. The summed E-state index contributed by atoms with van der Waals surface area (Å²) in [5.41, 5.74) is 1.13. The molecule has 0 aromatic heterocycles. The Morgan fingerprint density at radius 1 is 1.46 bits per heavy atom. The van der Waals surface area contributed by atoms with Gasteiger partial charge in [0.25, 0.3) is 0 Å². The first-order valence-corrected chi connectivity index (χ1v) is 4.33. The van der Waals surface area contributed by atoms with Gasteiger partial charge < -0.3 is 4.74 Å². The predicted molar refractivity (Wildman–Crippen MR) is 52.0 cm³/mol. The van der Waals surface area contributed by atoms with Crippen molar-refractivity contribution in [1.29, 1.82) is 0 Å². The van der Waals surface area contributed by atoms with Gasteiger partial charge in [-0.25, -0.2) is 0 Å². The van der Waals surface area contributed by atoms with E-state index in [9.17, 15) is 4.79 Å². The van der Waals surface area contributed by atoms with Crippen LogP contribution in [0, 0.1) is 6.92 Å². The Hall–Kier alpha value is -1.31. The summed E-state index contributed by atoms with van der Waals surface area (Å²) >= 11 is 0. The molecule has 0 N–H and O–H groups in total. The highest BCUT2D eigenvalue weighted by atomic mass is 16.5. The lowest BCUT2D eigenvalue weighted by Crippen LogP contribution is -2.20. The Labute approximate surface area is 78.5 Å². The third-order valence-electron chi connectivity index (χ3n) is 1.87. The largest absolute Gasteiger partial charge is 0.483 e. The van der Waals surface area contributed by atoms with Crippen molar-refractivity contribution in [3.8, 4) is 5.75 Å². The molecule has 0 saturated heterocycles. The predicted octanol–water partition coefficient (Wildman–Crippen LogP) is 2.35. The molecule has 1 aromatic carbocycles. The highest BCUT2D eigenvalue weighted by Gasteiger charge is 2.08. The van der Waals surface area contributed by atoms with Crippen molar-refractivity contribution in [2.45, 2.75) is 26.9 Å². The standard InChI is InChI=1S/C11H14O2/c1-8-5-4-6-11(7-8)13-10(3)9(2)12/h4-7,10H,1-3H3. The van der Waals surface area contributed by atoms with Gasteiger partial charge in [0.1, 0.15) is 5.75 Å². The van der Waals surface area contributed by atoms with Gasteiger partial charge in [0.15, 0.2) is 11.9 Å². The van der Waals surface area contributed by atoms with E-state index in [-0.39, 0.29) is 11.9 Å². The van der Waals surface area contributed by atoms with Crippen molar-refractivity contribution < 1.29 is 9.53 Å². The number of carbonyl (C=O) groups is 1. The molecule has 0 heterocycles. The summed E-state index contributed by atoms with van der Waals surface area (Å²) < 4.78 is 5.41. The molecule has 0 radical (unpaired) electrons. The van der Waals surface area contributed by atoms with Crippen molar-refractivity contribution in [1.82, 2.24) is 0 Å². The van der Waals surface area contributed by atoms with Gasteiger partial charge >= 0.3 is 0 Å². The lowest BCUT2D eigenvalue weighted by Gasteiger charge is -2.11. The lowest BCUT2D eigenvalue weighted by atomic mass is 10.2. The summed E-state index contributed by atoms with van der Waals surface area (Å²) in [6.45, 7) is 5.27. The van der Waals surface area contributed by atoms with Crippen LogP contribution in [0.2, 0.25) is 0 Å². The Balaban J connectivity index is 2.69. The zero-order valence-corrected chi connectivity index (χ0v) is 8.20. The molecule has 0 spiro atoms. The van der Waals surface area contributed by atoms with Crippen molar-refractivity contribution in [3.63, 3.8) is 0 Å². The van der Waals surface area contributed by atoms with E-state index in [4.69, 9.17) is 4.74 Å². The second-order valence-electron chi connectivity index (χ2n) is 3.19. The SMILES string of the molecule is CC(=O)C(C)Oc1cccc(C)c1. The van der Waals surface area contributed by atoms with Crippen LogP contribution in [0.25, 0.3) is 0 Å². The highest BCUT2D eigenvalue weighted by molar-refractivity contribution is 5.80. The van der Waals surface area contributed by atoms with Crippen molar-refractivity contribution in [3.05, 3.63) is 29.8 Å². The van der Waals surface area contributed by atoms with Crippen molar-refractivity contribution in [2.75, 3.05) is 0 Å². The molecule has 2 heteroatoms. The van der Waals surface area contributed by atoms with Gasteiger partial charge in [0.2, 0.25) is 0 Å². The molecule has 1 aromatic rings. The zero-order chi connectivity index (χ0) is 9.84. The third kappa shape index (κ3) is 2.90. The van der Waals surface area contributed by atoms with E-state index in [0.717, 1.165) is 11.3 Å². The van der Waals surface area contributed by atoms with Crippen LogP contribution in [-0.4, -0.2) is 11.9 Å². The smallest absolute Gasteiger partial charge is 0.169 e. The first-order chi connectivity index (χ1) is 6.09. The average Bonchev–Trinajstić information content (AvgIpc) is 2.04. The van der Waals surface area contributed by atoms with Crippen LogP contribution in [0.1, 0.15) is 19.4 Å². The van der Waals surface area contributed by atoms with Gasteiger partial charge in [-0.1, -0.05) is 12.1 Å². The molecule has 1 rings (SSSR count). The maximum absolute atomic E-state index is 10.9. The van der Waals surface area contributed by atoms with Gasteiger partial charge in [0, 0.05) is 0 Å². The van der Waals surface area contributed by atoms with E-state index >= 15 is 0 Å². The van der Waals surface area contributed by atoms with E-state index in [2.05, 4.69) is 0 Å². The molecule has 0 bridgehead atoms. The topological polar surface area (TPSA) is 26.3 Å². The fraction of sp³-hybridized carbons (Fsp3) is 0.364. The molecule has 0 saturated carbocycles. The summed E-state index contributed by atoms with van der Waals surface area (Å²) in [5, 5.41) is 0. The van der Waals surface area contributed by atoms with Gasteiger partial charge in [-0.15, -0.1) is 0 Å². The molecule has 0 amide bonds. The van der Waals surface area contributed by atoms with Crippen LogP contribution in [0.5, 0.6) is 5.75 Å². The Bertz CT molecular complexity index is 305. The summed E-state index contributed by atoms with van der Waals surface area (Å²) in [5.74, 6) is 0.796. The number of hydrogen-bond donors (Lipinski definition) is 0. The van der Waals surface area contributed by atoms with Crippen LogP contribution < -0.4 is 4.74 Å². The number of benzene rings is 1. The number of Topliss-reactive ketones (excluding diaryl/α,β-unsaturated/α-hetero) is 1. The number of aryl methyl sites for hydroxylation is 1. The summed E-state index contributed by atoms with van der Waals surface area (Å²) in [7, 11) is 0. The third-order valence-corrected chi connectivity index (χ3v) is 1.87. The van der Waals surface area contributed by atoms with Crippen LogP contribution in [-0.2, 0) is 4.79 Å². The summed E-state index contributed by atoms with van der Waals surface area (Å²) in [6, 6.07) is 7.68. The van der Waals surface area contributed by atoms with Gasteiger partial charge in [-0.3, -0.25) is 4.79 Å². The lowest BCUT2D eigenvalue weighted by molar-refractivity contribution is -0.122. The second kappa shape index (κ2) is 4.08. The van der Waals surface area contributed by atoms with E-state index in [0.29, 0.717) is 0 Å². The minimum atomic E-state index is -0.359. The van der Waals surface area contributed by atoms with E-state index < -0.39 is 0 Å². The van der Waals surface area contributed by atoms with Gasteiger partial charge in [-0.2, -0.15) is 0 Å². The van der Waals surface area contributed by atoms with Crippen molar-refractivity contribution in [2.24, 2.45) is 0 Å². The minimum absolute atomic E-state index is 0.0431. The van der Waals surface area contributed by atoms with Crippen LogP contribution in [0.15, 0.2) is 24.3 Å². The van der Waals surface area contributed by atoms with Crippen LogP contribution in [0.4, 0.5) is 0 Å². The maximum Gasteiger partial charge on any atom is 0.169 e. The molecular weight excluding hydrogens is 164 g/mol. The fourth-order valence-electron chi connectivity index (χ4n) is 0.976. The van der Waals surface area contributed by atoms with Crippen LogP contribution >= 0.6 is 0 Å². The minimum Gasteiger partial charge on any atom is -0.483 e. The number of carbonyl (C=O) groups excluding carboxylic acids is 1. The normalized spacial score (nSPS) is 12.2. The molecule has 13 heavy (non-hydrogen) atoms. The summed E-state index contributed by atoms with van der Waals surface area (Å²) in [4.78, 5) is 10.9. The monoisotopic (exact) mass is 178 g/mol. The number of ether oxygens (including phenoxy) is 1. The molecule has 1 atom stereocenters. The molecule has 0 aliphatic rings. The average molecular weight is 178 g/mol. The number of hydrogen-bond acceptors (Lipinski definition) is 2. The molecule has 0 aliphatic carbocycles. The maximum atomic E-state index is 10.9. The Morgan fingerprint density at radius 2 is 2.15 bits per heavy atom. The molecular formula is C11H14O2. The first-order valence-electron chi connectivity index (χ1n) is 4.33. The van der Waals surface area contributed by atoms with E-state index in [1.54, 1.807) is 6.92 Å². The van der Waals surface area contributed by atoms with Gasteiger partial charge in [0.05, 0.1) is 0 Å². The summed E-state index contributed by atoms with van der Waals surface area (Å²) in [6.07, 6.45) is -0.359. The van der Waals surface area contributed by atoms with Gasteiger partial charge in [-0.05, 0) is 38.5 Å². The second-order valence-corrected chi connectivity index (χ2v) is 3.19. The first kappa shape index (κ1) is 9.78. The Morgan fingerprint density at radius 3 is 2.69 bits per heavy atom. The number of ketones is 1. The number of rotatable bonds is 3. The highest BCUT2D eigenvalue weighted by Crippen LogP contribution is 2.14. The van der Waals surface area contributed by atoms with E-state index in [1.165, 1.54) is 6.92 Å². The Kier molecular flexibility index (Phi) is 3.07. The van der Waals surface area contributed by atoms with Crippen molar-refractivity contribution >= 4 is 5.78 Å². The quantitative estimate of drug-likeness (QED) is 0.710. The molecule has 1 unspecified atom stereocenters. The fourth-order valence-corrected chi connectivity index (χ4v) is 0.976. The molecule has 0 fully saturated rings. The molecule has 2 nitrogen and oxygen atoms in total. The zero-order valence-electron chi connectivity index (χ0n) is 8.20. The molecule has 0 aliphatic heterocycles. The van der Waals surface area contributed by atoms with Crippen LogP contribution in [0.3, 0.4) is 0 Å². The van der Waals surface area contributed by atoms with E-state index in [1.807, 2.05) is 31.2 Å².